The van der Waals surface area contributed by atoms with Crippen molar-refractivity contribution in [1.29, 1.82) is 0 Å². The maximum atomic E-state index is 11.9. The van der Waals surface area contributed by atoms with Crippen LogP contribution < -0.4 is 11.1 Å². The van der Waals surface area contributed by atoms with Gasteiger partial charge in [-0.05, 0) is 20.0 Å². The molecule has 0 aliphatic rings. The lowest BCUT2D eigenvalue weighted by molar-refractivity contribution is -0.120. The van der Waals surface area contributed by atoms with Crippen LogP contribution in [0.2, 0.25) is 0 Å². The van der Waals surface area contributed by atoms with Crippen LogP contribution in [-0.4, -0.2) is 42.5 Å². The Morgan fingerprint density at radius 3 is 2.55 bits per heavy atom. The fourth-order valence-corrected chi connectivity index (χ4v) is 3.02. The first kappa shape index (κ1) is 16.9. The van der Waals surface area contributed by atoms with E-state index >= 15 is 0 Å². The molecular weight excluding hydrogens is 272 g/mol. The number of nitrogens with two attached hydrogens (primary N) is 1. The summed E-state index contributed by atoms with van der Waals surface area (Å²) in [5.74, 6) is 0.605. The van der Waals surface area contributed by atoms with E-state index in [0.717, 1.165) is 18.5 Å². The molecule has 0 aromatic carbocycles. The Bertz CT molecular complexity index is 415. The number of likely N-dealkylation sites (N-methyl/N-ethyl adjacent to an activating group) is 1. The van der Waals surface area contributed by atoms with Gasteiger partial charge in [-0.15, -0.1) is 11.3 Å². The third-order valence-corrected chi connectivity index (χ3v) is 4.40. The second-order valence-corrected chi connectivity index (χ2v) is 6.16. The largest absolute Gasteiger partial charge is 0.375 e. The van der Waals surface area contributed by atoms with Crippen LogP contribution in [0.25, 0.3) is 0 Å². The summed E-state index contributed by atoms with van der Waals surface area (Å²) in [6.45, 7) is 5.08. The lowest BCUT2D eigenvalue weighted by Crippen LogP contribution is -2.45. The average molecular weight is 298 g/mol. The van der Waals surface area contributed by atoms with Gasteiger partial charge in [-0.25, -0.2) is 4.98 Å². The highest BCUT2D eigenvalue weighted by molar-refractivity contribution is 7.13. The Kier molecular flexibility index (Phi) is 6.95. The van der Waals surface area contributed by atoms with Crippen LogP contribution in [0.4, 0.5) is 5.13 Å². The van der Waals surface area contributed by atoms with Crippen molar-refractivity contribution in [2.45, 2.75) is 39.2 Å². The lowest BCUT2D eigenvalue weighted by Gasteiger charge is -2.31. The van der Waals surface area contributed by atoms with Gasteiger partial charge in [0.2, 0.25) is 5.91 Å². The van der Waals surface area contributed by atoms with Gasteiger partial charge < -0.3 is 16.0 Å². The summed E-state index contributed by atoms with van der Waals surface area (Å²) < 4.78 is 0. The number of anilines is 1. The van der Waals surface area contributed by atoms with Crippen molar-refractivity contribution in [2.75, 3.05) is 26.4 Å². The molecule has 0 saturated heterocycles. The number of carbonyl (C=O) groups is 1. The highest BCUT2D eigenvalue weighted by Gasteiger charge is 2.21. The molecule has 1 aromatic rings. The van der Waals surface area contributed by atoms with Crippen LogP contribution in [0.5, 0.6) is 0 Å². The van der Waals surface area contributed by atoms with Crippen LogP contribution in [0.15, 0.2) is 5.38 Å². The number of nitrogens with zero attached hydrogens (tertiary/aromatic N) is 2. The number of nitrogen functional groups attached to an aromatic ring is 1. The number of nitrogens with one attached hydrogen (secondary N) is 1. The Hall–Kier alpha value is -1.14. The van der Waals surface area contributed by atoms with Crippen LogP contribution in [0.3, 0.4) is 0 Å². The zero-order chi connectivity index (χ0) is 15.1. The molecule has 1 aromatic heterocycles. The molecule has 0 spiro atoms. The summed E-state index contributed by atoms with van der Waals surface area (Å²) in [5.41, 5.74) is 6.31. The van der Waals surface area contributed by atoms with E-state index in [-0.39, 0.29) is 5.91 Å². The van der Waals surface area contributed by atoms with Crippen LogP contribution >= 0.6 is 11.3 Å². The highest BCUT2D eigenvalue weighted by Crippen LogP contribution is 2.16. The molecule has 1 unspecified atom stereocenters. The van der Waals surface area contributed by atoms with E-state index in [2.05, 4.69) is 43.1 Å². The number of rotatable bonds is 8. The van der Waals surface area contributed by atoms with E-state index in [4.69, 9.17) is 5.73 Å². The van der Waals surface area contributed by atoms with E-state index in [0.29, 0.717) is 30.1 Å². The van der Waals surface area contributed by atoms with Crippen molar-refractivity contribution in [3.63, 3.8) is 0 Å². The molecule has 1 amide bonds. The highest BCUT2D eigenvalue weighted by atomic mass is 32.1. The molecule has 0 bridgehead atoms. The van der Waals surface area contributed by atoms with Gasteiger partial charge in [-0.2, -0.15) is 0 Å². The monoisotopic (exact) mass is 298 g/mol. The number of amides is 1. The number of hydrogen-bond acceptors (Lipinski definition) is 5. The van der Waals surface area contributed by atoms with Crippen LogP contribution in [-0.2, 0) is 11.2 Å². The predicted molar refractivity (Wildman–Crippen MR) is 84.8 cm³/mol. The summed E-state index contributed by atoms with van der Waals surface area (Å²) in [4.78, 5) is 18.2. The van der Waals surface area contributed by atoms with E-state index < -0.39 is 0 Å². The van der Waals surface area contributed by atoms with Crippen molar-refractivity contribution in [2.24, 2.45) is 5.92 Å². The molecular formula is C14H26N4OS. The van der Waals surface area contributed by atoms with Gasteiger partial charge >= 0.3 is 0 Å². The SMILES string of the molecule is CCC(CC)C(CNC(=O)Cc1csc(N)n1)N(C)C. The Labute approximate surface area is 125 Å². The Morgan fingerprint density at radius 1 is 1.45 bits per heavy atom. The number of thiazole rings is 1. The van der Waals surface area contributed by atoms with E-state index in [1.165, 1.54) is 11.3 Å². The third-order valence-electron chi connectivity index (χ3n) is 3.68. The van der Waals surface area contributed by atoms with Gasteiger partial charge in [0, 0.05) is 18.0 Å². The lowest BCUT2D eigenvalue weighted by atomic mass is 9.93. The first-order chi connectivity index (χ1) is 9.47. The number of aromatic nitrogens is 1. The van der Waals surface area contributed by atoms with E-state index in [1.54, 1.807) is 0 Å². The normalized spacial score (nSPS) is 12.9. The Balaban J connectivity index is 2.48. The molecule has 3 N–H and O–H groups in total. The van der Waals surface area contributed by atoms with Gasteiger partial charge in [-0.1, -0.05) is 26.7 Å². The van der Waals surface area contributed by atoms with Crippen LogP contribution in [0, 0.1) is 5.92 Å². The van der Waals surface area contributed by atoms with Gasteiger partial charge in [0.25, 0.3) is 0 Å². The van der Waals surface area contributed by atoms with Crippen molar-refractivity contribution >= 4 is 22.4 Å². The molecule has 1 rings (SSSR count). The zero-order valence-corrected chi connectivity index (χ0v) is 13.7. The second kappa shape index (κ2) is 8.21. The van der Waals surface area contributed by atoms with Gasteiger partial charge in [0.15, 0.2) is 5.13 Å². The molecule has 20 heavy (non-hydrogen) atoms. The molecule has 114 valence electrons. The molecule has 0 aliphatic carbocycles. The molecule has 6 heteroatoms. The smallest absolute Gasteiger partial charge is 0.226 e. The third kappa shape index (κ3) is 5.09. The number of hydrogen-bond donors (Lipinski definition) is 2. The maximum Gasteiger partial charge on any atom is 0.226 e. The Morgan fingerprint density at radius 2 is 2.10 bits per heavy atom. The fraction of sp³-hybridized carbons (Fsp3) is 0.714. The molecule has 1 heterocycles. The first-order valence-corrected chi connectivity index (χ1v) is 7.98. The van der Waals surface area contributed by atoms with Crippen molar-refractivity contribution in [3.05, 3.63) is 11.1 Å². The average Bonchev–Trinajstić information content (AvgIpc) is 2.79. The van der Waals surface area contributed by atoms with Gasteiger partial charge in [0.1, 0.15) is 0 Å². The minimum absolute atomic E-state index is 0.00751. The molecule has 1 atom stereocenters. The van der Waals surface area contributed by atoms with Gasteiger partial charge in [0.05, 0.1) is 12.1 Å². The minimum Gasteiger partial charge on any atom is -0.375 e. The maximum absolute atomic E-state index is 11.9. The van der Waals surface area contributed by atoms with Gasteiger partial charge in [-0.3, -0.25) is 4.79 Å². The molecule has 0 fully saturated rings. The molecule has 5 nitrogen and oxygen atoms in total. The first-order valence-electron chi connectivity index (χ1n) is 7.10. The van der Waals surface area contributed by atoms with E-state index in [1.807, 2.05) is 5.38 Å². The zero-order valence-electron chi connectivity index (χ0n) is 12.8. The summed E-state index contributed by atoms with van der Waals surface area (Å²) in [5, 5.41) is 5.36. The molecule has 0 saturated carbocycles. The fourth-order valence-electron chi connectivity index (χ4n) is 2.45. The second-order valence-electron chi connectivity index (χ2n) is 5.27. The quantitative estimate of drug-likeness (QED) is 0.767. The van der Waals surface area contributed by atoms with Crippen molar-refractivity contribution < 1.29 is 4.79 Å². The summed E-state index contributed by atoms with van der Waals surface area (Å²) in [6.07, 6.45) is 2.55. The summed E-state index contributed by atoms with van der Waals surface area (Å²) in [7, 11) is 4.13. The molecule has 0 aliphatic heterocycles. The standard InChI is InChI=1S/C14H26N4OS/c1-5-10(6-2)12(18(3)4)8-16-13(19)7-11-9-20-14(15)17-11/h9-10,12H,5-8H2,1-4H3,(H2,15,17)(H,16,19). The van der Waals surface area contributed by atoms with Crippen molar-refractivity contribution in [3.8, 4) is 0 Å². The predicted octanol–water partition coefficient (Wildman–Crippen LogP) is 1.75. The van der Waals surface area contributed by atoms with Crippen LogP contribution in [0.1, 0.15) is 32.4 Å². The summed E-state index contributed by atoms with van der Waals surface area (Å²) in [6, 6.07) is 0.370. The number of carbonyl (C=O) groups excluding carboxylic acids is 1. The molecule has 0 radical (unpaired) electrons. The minimum atomic E-state index is 0.00751. The van der Waals surface area contributed by atoms with E-state index in [9.17, 15) is 4.79 Å². The summed E-state index contributed by atoms with van der Waals surface area (Å²) >= 11 is 1.37. The van der Waals surface area contributed by atoms with Crippen molar-refractivity contribution in [1.82, 2.24) is 15.2 Å². The topological polar surface area (TPSA) is 71.2 Å².